The van der Waals surface area contributed by atoms with E-state index >= 15 is 0 Å². The van der Waals surface area contributed by atoms with Crippen molar-refractivity contribution in [2.75, 3.05) is 0 Å². The number of benzene rings is 15. The van der Waals surface area contributed by atoms with Crippen LogP contribution >= 0.6 is 0 Å². The van der Waals surface area contributed by atoms with Crippen LogP contribution in [0.4, 0.5) is 0 Å². The molecule has 0 aliphatic heterocycles. The Bertz CT molecular complexity index is 6930. The van der Waals surface area contributed by atoms with E-state index < -0.39 is 57.8 Å². The fourth-order valence-corrected chi connectivity index (χ4v) is 18.1. The van der Waals surface area contributed by atoms with Gasteiger partial charge in [-0.25, -0.2) is 0 Å². The number of aryl methyl sites for hydroxylation is 11. The van der Waals surface area contributed by atoms with Crippen LogP contribution in [0.25, 0.3) is 33.4 Å². The lowest BCUT2D eigenvalue weighted by atomic mass is 9.81. The molecule has 0 amide bonds. The van der Waals surface area contributed by atoms with E-state index in [1.165, 1.54) is 156 Å². The molecule has 0 spiro atoms. The van der Waals surface area contributed by atoms with Crippen LogP contribution in [0.2, 0.25) is 0 Å². The van der Waals surface area contributed by atoms with Crippen molar-refractivity contribution in [1.82, 2.24) is 0 Å². The van der Waals surface area contributed by atoms with Crippen molar-refractivity contribution < 1.29 is 26.0 Å². The van der Waals surface area contributed by atoms with E-state index in [0.29, 0.717) is 62.3 Å². The highest BCUT2D eigenvalue weighted by molar-refractivity contribution is 5.78. The van der Waals surface area contributed by atoms with Gasteiger partial charge in [-0.2, -0.15) is 0 Å². The van der Waals surface area contributed by atoms with Crippen LogP contribution in [0.5, 0.6) is 0 Å². The third-order valence-corrected chi connectivity index (χ3v) is 26.7. The van der Waals surface area contributed by atoms with Crippen molar-refractivity contribution in [3.8, 4) is 33.4 Å². The Kier molecular flexibility index (Phi) is 45.2. The largest absolute Gasteiger partial charge is 0.0625 e. The number of hydrogen-bond acceptors (Lipinski definition) is 0. The summed E-state index contributed by atoms with van der Waals surface area (Å²) in [6.07, 6.45) is -3.31. The molecule has 0 N–H and O–H groups in total. The first-order valence-corrected chi connectivity index (χ1v) is 54.5. The van der Waals surface area contributed by atoms with Crippen LogP contribution in [0.3, 0.4) is 0 Å². The average Bonchev–Trinajstić information content (AvgIpc) is 0.764. The molecule has 0 aliphatic rings. The van der Waals surface area contributed by atoms with Crippen molar-refractivity contribution in [2.24, 2.45) is 23.7 Å². The van der Waals surface area contributed by atoms with Crippen molar-refractivity contribution in [3.63, 3.8) is 0 Å². The van der Waals surface area contributed by atoms with Crippen molar-refractivity contribution in [1.29, 1.82) is 0 Å². The maximum Gasteiger partial charge on any atom is 0.0347 e. The Morgan fingerprint density at radius 2 is 0.520 bits per heavy atom. The molecule has 0 aliphatic carbocycles. The number of hydrogen-bond donors (Lipinski definition) is 0. The maximum atomic E-state index is 8.22. The second-order valence-corrected chi connectivity index (χ2v) is 44.5. The Labute approximate surface area is 948 Å². The third kappa shape index (κ3) is 45.5. The highest BCUT2D eigenvalue weighted by Crippen LogP contribution is 2.36. The van der Waals surface area contributed by atoms with Crippen LogP contribution in [0.1, 0.15) is 403 Å². The first-order valence-electron chi connectivity index (χ1n) is 64.0. The third-order valence-electron chi connectivity index (χ3n) is 26.7. The second kappa shape index (κ2) is 66.9. The number of rotatable bonds is 18. The van der Waals surface area contributed by atoms with E-state index in [4.69, 9.17) is 26.0 Å². The summed E-state index contributed by atoms with van der Waals surface area (Å²) in [5, 5.41) is 0. The highest BCUT2D eigenvalue weighted by Gasteiger charge is 2.20. The summed E-state index contributed by atoms with van der Waals surface area (Å²) in [7, 11) is 0. The van der Waals surface area contributed by atoms with Gasteiger partial charge in [0, 0.05) is 26.0 Å². The Morgan fingerprint density at radius 1 is 0.220 bits per heavy atom. The van der Waals surface area contributed by atoms with Crippen LogP contribution in [0, 0.1) is 141 Å². The Balaban J connectivity index is 0.000000384. The van der Waals surface area contributed by atoms with E-state index in [-0.39, 0.29) is 33.8 Å². The van der Waals surface area contributed by atoms with Crippen LogP contribution < -0.4 is 0 Å². The van der Waals surface area contributed by atoms with E-state index in [0.717, 1.165) is 39.7 Å². The summed E-state index contributed by atoms with van der Waals surface area (Å²) in [5.41, 5.74) is 39.3. The Hall–Kier alpha value is -11.7. The summed E-state index contributed by atoms with van der Waals surface area (Å²) >= 11 is 0. The molecule has 0 atom stereocenters. The zero-order chi connectivity index (χ0) is 129. The van der Waals surface area contributed by atoms with Gasteiger partial charge in [0.2, 0.25) is 0 Å². The molecule has 15 rings (SSSR count). The molecule has 0 bridgehead atoms. The van der Waals surface area contributed by atoms with Crippen LogP contribution in [-0.2, 0) is 49.2 Å². The average molecular weight is 2030 g/mol. The zero-order valence-corrected chi connectivity index (χ0v) is 100. The minimum absolute atomic E-state index is 0.0849. The van der Waals surface area contributed by atoms with E-state index in [1.807, 2.05) is 119 Å². The molecule has 804 valence electrons. The van der Waals surface area contributed by atoms with Gasteiger partial charge in [0.1, 0.15) is 0 Å². The van der Waals surface area contributed by atoms with Crippen molar-refractivity contribution >= 4 is 0 Å². The zero-order valence-electron chi connectivity index (χ0n) is 119. The smallest absolute Gasteiger partial charge is 0.0347 e. The van der Waals surface area contributed by atoms with Crippen LogP contribution in [0.15, 0.2) is 328 Å². The Morgan fingerprint density at radius 3 is 0.880 bits per heavy atom. The summed E-state index contributed by atoms with van der Waals surface area (Å²) in [6.45, 7) is 75.7. The summed E-state index contributed by atoms with van der Waals surface area (Å²) in [4.78, 5) is 0. The molecular formula is C150H204. The predicted molar refractivity (Wildman–Crippen MR) is 675 cm³/mol. The molecule has 0 nitrogen and oxygen atoms in total. The standard InChI is InChI=1S/C19H16.2C15H24.C14H22.C13H12.C13H20.2C11H16.3C10H14.C9H12/c1-15-18(16-9-4-2-5-10-16)13-8-14-19(15)17-11-6-3-7-12-17;2*1-11(2)9-14-7-6-8-15(13(14)5)10-12(3)4;1-10(2)12-8-7-9-13(11(12)3)14(4,5)6;1-11-7-5-6-10-13(11)12-8-3-2-4-9-12;1-9(2)12-7-6-8-13(10(3)4)11(12)5;1-9-7-5-6-8-10(9)11(2,3)4;1-4-10-7-6-8-11(5-2)9(10)3;1-7-5-8(2)10(4)9(3)6-7;2*1-8(2)10-7-5-4-6-9(10)3;1-7-5-4-6-8(2)9(7)3/h2-14H,1H3;2*6-8,11-12H,9-10H2,1-5H3;7-10H,1-6H3;2-10H,1H3;6-10H,1-5H3;5-8H,1-4H3;6-8H,4-5H2,1-3H3;5-6H,1-4H3;2*4-8H,1-3H3;4-6H,1-3H3/i;9D2,10D2;;10D;;;;4D2,5D2;1D3,2D3;8D;;1D3. The first kappa shape index (κ1) is 101. The minimum Gasteiger partial charge on any atom is -0.0625 e. The fourth-order valence-electron chi connectivity index (χ4n) is 18.1. The SMILES string of the molecule is Cc1c(-c2ccccc2)cccc1-c1ccccc1.Cc1c(C(C)C)cccc1C(C)C.Cc1c(CC(C)C)cccc1CC(C)C.Cc1ccccc1-c1ccccc1.Cc1ccccc1C(C)(C)C.Cc1ccccc1C(C)C.[2H]C(C)(C)c1cccc(C(C)(C)C)c1C.[2H]C(C)(C)c1ccccc1C.[2H]C([2H])(C)c1cccc(C([2H])([2H])C)c1C.[2H]C([2H])([2H])c1cc(C)c(C)c(C([2H])([2H])[2H])c1.[2H]C([2H])([2H])c1cccc(C)c1C.[2H]C([2H])(c1cccc(C([2H])([2H])C(C)C)c1C)C(C)C. The molecule has 0 saturated heterocycles. The van der Waals surface area contributed by atoms with E-state index in [2.05, 4.69) is 390 Å². The van der Waals surface area contributed by atoms with Gasteiger partial charge in [0.25, 0.3) is 0 Å². The van der Waals surface area contributed by atoms with Gasteiger partial charge < -0.3 is 0 Å². The molecule has 0 fully saturated rings. The van der Waals surface area contributed by atoms with Gasteiger partial charge in [-0.3, -0.25) is 0 Å². The predicted octanol–water partition coefficient (Wildman–Crippen LogP) is 44.6. The molecular weight excluding hydrogens is 1800 g/mol. The molecule has 0 unspecified atom stereocenters. The molecule has 0 heterocycles. The maximum absolute atomic E-state index is 8.22. The summed E-state index contributed by atoms with van der Waals surface area (Å²) < 4.78 is 145. The lowest BCUT2D eigenvalue weighted by molar-refractivity contribution is 0.583. The molecule has 0 radical (unpaired) electrons. The topological polar surface area (TPSA) is 0 Å². The fraction of sp³-hybridized carbons (Fsp3) is 0.400. The highest BCUT2D eigenvalue weighted by atomic mass is 14.3. The summed E-state index contributed by atoms with van der Waals surface area (Å²) in [6, 6.07) is 110. The molecule has 0 saturated carbocycles. The summed E-state index contributed by atoms with van der Waals surface area (Å²) in [5.74, 6) is 2.16. The van der Waals surface area contributed by atoms with Gasteiger partial charge in [0.15, 0.2) is 0 Å². The molecule has 0 aromatic heterocycles. The normalized spacial score (nSPS) is 13.4. The molecule has 15 aromatic rings. The lowest BCUT2D eigenvalue weighted by Gasteiger charge is -2.24. The lowest BCUT2D eigenvalue weighted by Crippen LogP contribution is -2.14. The molecule has 0 heteroatoms. The van der Waals surface area contributed by atoms with Gasteiger partial charge in [-0.15, -0.1) is 0 Å². The van der Waals surface area contributed by atoms with Crippen molar-refractivity contribution in [3.05, 3.63) is 494 Å². The molecule has 150 heavy (non-hydrogen) atoms. The molecule has 15 aromatic carbocycles. The van der Waals surface area contributed by atoms with E-state index in [9.17, 15) is 0 Å². The van der Waals surface area contributed by atoms with Crippen LogP contribution in [-0.4, -0.2) is 0 Å². The van der Waals surface area contributed by atoms with Gasteiger partial charge in [0.05, 0.1) is 0 Å². The quantitative estimate of drug-likeness (QED) is 0.0803. The van der Waals surface area contributed by atoms with Gasteiger partial charge in [-0.05, 0) is 415 Å². The first-order chi connectivity index (χ1) is 77.8. The second-order valence-electron chi connectivity index (χ2n) is 44.5. The van der Waals surface area contributed by atoms with Gasteiger partial charge in [-0.1, -0.05) is 513 Å². The van der Waals surface area contributed by atoms with Gasteiger partial charge >= 0.3 is 0 Å². The van der Waals surface area contributed by atoms with E-state index in [1.54, 1.807) is 69.3 Å². The minimum atomic E-state index is -2.27. The van der Waals surface area contributed by atoms with Crippen molar-refractivity contribution in [2.45, 2.75) is 376 Å². The monoisotopic (exact) mass is 2020 g/mol.